The van der Waals surface area contributed by atoms with Crippen LogP contribution in [0, 0.1) is 0 Å². The van der Waals surface area contributed by atoms with Crippen LogP contribution >= 0.6 is 0 Å². The maximum atomic E-state index is 12.2. The van der Waals surface area contributed by atoms with Crippen LogP contribution in [0.1, 0.15) is 17.7 Å². The van der Waals surface area contributed by atoms with Crippen LogP contribution in [0.5, 0.6) is 0 Å². The first-order chi connectivity index (χ1) is 7.04. The smallest absolute Gasteiger partial charge is 0.303 e. The van der Waals surface area contributed by atoms with Crippen molar-refractivity contribution in [1.82, 2.24) is 4.98 Å². The number of nitrogens with zero attached hydrogens (tertiary/aromatic N) is 1. The zero-order valence-corrected chi connectivity index (χ0v) is 7.66. The molecule has 15 heavy (non-hydrogen) atoms. The fourth-order valence-electron chi connectivity index (χ4n) is 0.965. The van der Waals surface area contributed by atoms with Crippen LogP contribution in [-0.4, -0.2) is 11.3 Å². The van der Waals surface area contributed by atoms with Gasteiger partial charge in [-0.05, 0) is 17.7 Å². The first kappa shape index (κ1) is 11.4. The Kier molecular flexibility index (Phi) is 3.60. The molecule has 0 spiro atoms. The van der Waals surface area contributed by atoms with Gasteiger partial charge in [0, 0.05) is 12.6 Å². The maximum absolute atomic E-state index is 12.2. The molecule has 0 aliphatic carbocycles. The Balaban J connectivity index is 2.88. The van der Waals surface area contributed by atoms with Gasteiger partial charge in [-0.1, -0.05) is 12.2 Å². The number of halogens is 3. The molecule has 0 N–H and O–H groups in total. The summed E-state index contributed by atoms with van der Waals surface area (Å²) in [5.74, 6) is 0. The number of hydrogen-bond acceptors (Lipinski definition) is 2. The van der Waals surface area contributed by atoms with Crippen molar-refractivity contribution in [2.75, 3.05) is 0 Å². The second-order valence-corrected chi connectivity index (χ2v) is 2.78. The normalized spacial score (nSPS) is 11.9. The Morgan fingerprint density at radius 1 is 1.40 bits per heavy atom. The van der Waals surface area contributed by atoms with Crippen LogP contribution in [0.2, 0.25) is 0 Å². The molecular weight excluding hydrogens is 207 g/mol. The molecule has 0 unspecified atom stereocenters. The highest BCUT2D eigenvalue weighted by molar-refractivity contribution is 5.57. The molecule has 0 aliphatic heterocycles. The molecule has 0 amide bonds. The summed E-state index contributed by atoms with van der Waals surface area (Å²) in [4.78, 5) is 13.2. The molecule has 80 valence electrons. The van der Waals surface area contributed by atoms with Gasteiger partial charge in [0.15, 0.2) is 0 Å². The van der Waals surface area contributed by atoms with Crippen molar-refractivity contribution >= 4 is 12.4 Å². The van der Waals surface area contributed by atoms with E-state index >= 15 is 0 Å². The van der Waals surface area contributed by atoms with Crippen LogP contribution in [-0.2, 0) is 11.0 Å². The minimum atomic E-state index is -4.44. The van der Waals surface area contributed by atoms with Gasteiger partial charge in [-0.2, -0.15) is 13.2 Å². The van der Waals surface area contributed by atoms with Crippen LogP contribution in [0.15, 0.2) is 24.4 Å². The number of pyridine rings is 1. The third kappa shape index (κ3) is 3.53. The molecule has 1 aromatic heterocycles. The second-order valence-electron chi connectivity index (χ2n) is 2.78. The summed E-state index contributed by atoms with van der Waals surface area (Å²) in [7, 11) is 0. The largest absolute Gasteiger partial charge is 0.433 e. The summed E-state index contributed by atoms with van der Waals surface area (Å²) in [5, 5.41) is 0. The Labute approximate surface area is 84.4 Å². The van der Waals surface area contributed by atoms with Crippen molar-refractivity contribution in [3.63, 3.8) is 0 Å². The van der Waals surface area contributed by atoms with Gasteiger partial charge in [-0.25, -0.2) is 0 Å². The lowest BCUT2D eigenvalue weighted by molar-refractivity contribution is -0.141. The molecule has 1 heterocycles. The highest BCUT2D eigenvalue weighted by Crippen LogP contribution is 2.27. The minimum absolute atomic E-state index is 0.184. The van der Waals surface area contributed by atoms with E-state index in [2.05, 4.69) is 4.98 Å². The number of alkyl halides is 3. The van der Waals surface area contributed by atoms with Crippen molar-refractivity contribution in [3.05, 3.63) is 35.7 Å². The van der Waals surface area contributed by atoms with Gasteiger partial charge >= 0.3 is 6.18 Å². The standard InChI is InChI=1S/C10H8F3NO/c11-10(12,13)9-7-8(4-5-14-9)3-1-2-6-15/h1,3-7H,2H2. The zero-order chi connectivity index (χ0) is 11.3. The fourth-order valence-corrected chi connectivity index (χ4v) is 0.965. The van der Waals surface area contributed by atoms with Gasteiger partial charge in [0.25, 0.3) is 0 Å². The van der Waals surface area contributed by atoms with Crippen molar-refractivity contribution in [1.29, 1.82) is 0 Å². The van der Waals surface area contributed by atoms with Gasteiger partial charge in [-0.3, -0.25) is 4.98 Å². The SMILES string of the molecule is O=CCC=Cc1ccnc(C(F)(F)F)c1. The first-order valence-corrected chi connectivity index (χ1v) is 4.17. The topological polar surface area (TPSA) is 30.0 Å². The summed E-state index contributed by atoms with van der Waals surface area (Å²) in [5.41, 5.74) is -0.560. The third-order valence-corrected chi connectivity index (χ3v) is 1.62. The van der Waals surface area contributed by atoms with E-state index in [-0.39, 0.29) is 6.42 Å². The highest BCUT2D eigenvalue weighted by Gasteiger charge is 2.32. The van der Waals surface area contributed by atoms with E-state index in [0.29, 0.717) is 11.8 Å². The van der Waals surface area contributed by atoms with E-state index in [1.807, 2.05) is 0 Å². The lowest BCUT2D eigenvalue weighted by Gasteiger charge is -2.05. The average molecular weight is 215 g/mol. The molecule has 0 saturated heterocycles. The Bertz CT molecular complexity index is 371. The predicted molar refractivity (Wildman–Crippen MR) is 49.0 cm³/mol. The number of carbonyl (C=O) groups excluding carboxylic acids is 1. The molecule has 0 bridgehead atoms. The van der Waals surface area contributed by atoms with Gasteiger partial charge in [0.2, 0.25) is 0 Å². The van der Waals surface area contributed by atoms with Crippen molar-refractivity contribution in [2.45, 2.75) is 12.6 Å². The van der Waals surface area contributed by atoms with Gasteiger partial charge in [0.1, 0.15) is 12.0 Å². The van der Waals surface area contributed by atoms with E-state index < -0.39 is 11.9 Å². The number of hydrogen-bond donors (Lipinski definition) is 0. The van der Waals surface area contributed by atoms with E-state index in [1.54, 1.807) is 0 Å². The van der Waals surface area contributed by atoms with Crippen LogP contribution in [0.4, 0.5) is 13.2 Å². The number of carbonyl (C=O) groups is 1. The molecule has 2 nitrogen and oxygen atoms in total. The van der Waals surface area contributed by atoms with E-state index in [0.717, 1.165) is 12.3 Å². The molecular formula is C10H8F3NO. The number of aldehydes is 1. The molecule has 0 radical (unpaired) electrons. The third-order valence-electron chi connectivity index (χ3n) is 1.62. The minimum Gasteiger partial charge on any atom is -0.303 e. The highest BCUT2D eigenvalue weighted by atomic mass is 19.4. The van der Waals surface area contributed by atoms with Gasteiger partial charge in [0.05, 0.1) is 0 Å². The quantitative estimate of drug-likeness (QED) is 0.725. The molecule has 0 aliphatic rings. The van der Waals surface area contributed by atoms with Crippen molar-refractivity contribution < 1.29 is 18.0 Å². The summed E-state index contributed by atoms with van der Waals surface area (Å²) in [6, 6.07) is 2.37. The van der Waals surface area contributed by atoms with E-state index in [9.17, 15) is 18.0 Å². The summed E-state index contributed by atoms with van der Waals surface area (Å²) in [6.07, 6.45) is 0.442. The molecule has 0 fully saturated rings. The van der Waals surface area contributed by atoms with Crippen LogP contribution in [0.3, 0.4) is 0 Å². The predicted octanol–water partition coefficient (Wildman–Crippen LogP) is 2.70. The monoisotopic (exact) mass is 215 g/mol. The molecule has 0 atom stereocenters. The maximum Gasteiger partial charge on any atom is 0.433 e. The second kappa shape index (κ2) is 4.72. The number of aromatic nitrogens is 1. The number of rotatable bonds is 3. The fraction of sp³-hybridized carbons (Fsp3) is 0.200. The molecule has 0 aromatic carbocycles. The van der Waals surface area contributed by atoms with Crippen molar-refractivity contribution in [2.24, 2.45) is 0 Å². The molecule has 5 heteroatoms. The first-order valence-electron chi connectivity index (χ1n) is 4.17. The average Bonchev–Trinajstić information content (AvgIpc) is 2.17. The van der Waals surface area contributed by atoms with Gasteiger partial charge in [-0.15, -0.1) is 0 Å². The Hall–Kier alpha value is -1.65. The zero-order valence-electron chi connectivity index (χ0n) is 7.66. The Morgan fingerprint density at radius 3 is 2.73 bits per heavy atom. The Morgan fingerprint density at radius 2 is 2.13 bits per heavy atom. The lowest BCUT2D eigenvalue weighted by Crippen LogP contribution is -2.07. The summed E-state index contributed by atoms with van der Waals surface area (Å²) in [6.45, 7) is 0. The summed E-state index contributed by atoms with van der Waals surface area (Å²) >= 11 is 0. The molecule has 0 saturated carbocycles. The van der Waals surface area contributed by atoms with E-state index in [1.165, 1.54) is 18.2 Å². The van der Waals surface area contributed by atoms with Crippen molar-refractivity contribution in [3.8, 4) is 0 Å². The van der Waals surface area contributed by atoms with E-state index in [4.69, 9.17) is 0 Å². The van der Waals surface area contributed by atoms with Crippen LogP contribution in [0.25, 0.3) is 6.08 Å². The summed E-state index contributed by atoms with van der Waals surface area (Å²) < 4.78 is 36.6. The lowest BCUT2D eigenvalue weighted by atomic mass is 10.2. The molecule has 1 aromatic rings. The van der Waals surface area contributed by atoms with Gasteiger partial charge < -0.3 is 4.79 Å². The number of allylic oxidation sites excluding steroid dienone is 1. The van der Waals surface area contributed by atoms with Crippen LogP contribution < -0.4 is 0 Å². The molecule has 1 rings (SSSR count).